The minimum atomic E-state index is -1.55. The molecule has 2 fully saturated rings. The third-order valence-corrected chi connectivity index (χ3v) is 8.26. The lowest BCUT2D eigenvalue weighted by Gasteiger charge is -2.57. The average Bonchev–Trinajstić information content (AvgIpc) is 3.27. The Kier molecular flexibility index (Phi) is 5.87. The van der Waals surface area contributed by atoms with Gasteiger partial charge in [0, 0.05) is 50.9 Å². The van der Waals surface area contributed by atoms with Gasteiger partial charge in [-0.1, -0.05) is 31.6 Å². The molecule has 1 unspecified atom stereocenters. The molecule has 2 heterocycles. The molecule has 6 rings (SSSR count). The number of hydrogen-bond donors (Lipinski definition) is 1. The first-order valence-electron chi connectivity index (χ1n) is 11.9. The molecule has 2 bridgehead atoms. The smallest absolute Gasteiger partial charge is 0.137 e. The molecule has 1 aromatic heterocycles. The second-order valence-electron chi connectivity index (χ2n) is 10.6. The van der Waals surface area contributed by atoms with Gasteiger partial charge in [-0.3, -0.25) is 9.80 Å². The summed E-state index contributed by atoms with van der Waals surface area (Å²) in [6, 6.07) is 3.35. The van der Waals surface area contributed by atoms with Crippen LogP contribution in [0.1, 0.15) is 32.3 Å². The van der Waals surface area contributed by atoms with Crippen LogP contribution in [-0.4, -0.2) is 68.9 Å². The fourth-order valence-corrected chi connectivity index (χ4v) is 6.06. The summed E-state index contributed by atoms with van der Waals surface area (Å²) in [5.41, 5.74) is 0.552. The third-order valence-electron chi connectivity index (χ3n) is 8.26. The van der Waals surface area contributed by atoms with Crippen molar-refractivity contribution < 1.29 is 13.9 Å². The molecule has 0 spiro atoms. The quantitative estimate of drug-likeness (QED) is 0.648. The van der Waals surface area contributed by atoms with Gasteiger partial charge in [0.05, 0.1) is 6.54 Å². The summed E-state index contributed by atoms with van der Waals surface area (Å²) < 4.78 is 29.7. The Morgan fingerprint density at radius 3 is 2.52 bits per heavy atom. The fourth-order valence-electron chi connectivity index (χ4n) is 6.06. The van der Waals surface area contributed by atoms with Crippen LogP contribution < -0.4 is 0 Å². The molecule has 3 aliphatic carbocycles. The van der Waals surface area contributed by atoms with Crippen molar-refractivity contribution in [2.45, 2.75) is 38.8 Å². The van der Waals surface area contributed by atoms with Crippen LogP contribution in [-0.2, 0) is 12.1 Å². The molecule has 1 saturated carbocycles. The topological polar surface area (TPSA) is 57.4 Å². The largest absolute Gasteiger partial charge is 0.382 e. The second kappa shape index (κ2) is 8.56. The van der Waals surface area contributed by atoms with Crippen molar-refractivity contribution >= 4 is 0 Å². The zero-order valence-electron chi connectivity index (χ0n) is 19.4. The molecule has 1 N–H and O–H groups in total. The highest BCUT2D eigenvalue weighted by Gasteiger charge is 2.51. The van der Waals surface area contributed by atoms with Crippen LogP contribution in [0.15, 0.2) is 42.5 Å². The lowest BCUT2D eigenvalue weighted by atomic mass is 9.49. The van der Waals surface area contributed by atoms with Crippen molar-refractivity contribution in [1.29, 1.82) is 0 Å². The Labute approximate surface area is 193 Å². The number of benzene rings is 1. The highest BCUT2D eigenvalue weighted by molar-refractivity contribution is 5.26. The molecule has 1 aromatic carbocycles. The average molecular weight is 458 g/mol. The summed E-state index contributed by atoms with van der Waals surface area (Å²) in [5, 5.41) is 15.7. The number of aromatic nitrogens is 3. The fraction of sp³-hybridized carbons (Fsp3) is 0.600. The van der Waals surface area contributed by atoms with Gasteiger partial charge in [-0.15, -0.1) is 0 Å². The maximum atomic E-state index is 14.7. The number of fused-ring (bicyclic) bond motifs is 1. The highest BCUT2D eigenvalue weighted by Crippen LogP contribution is 2.59. The third kappa shape index (κ3) is 4.36. The zero-order chi connectivity index (χ0) is 23.2. The first-order chi connectivity index (χ1) is 15.7. The number of β-amino-alcohol motifs (C(OH)–C–C–N with tert-alkyl or cyclic N) is 1. The van der Waals surface area contributed by atoms with Gasteiger partial charge in [0.2, 0.25) is 0 Å². The number of allylic oxidation sites excluding steroid dienone is 1. The molecule has 4 aliphatic rings. The van der Waals surface area contributed by atoms with Crippen molar-refractivity contribution in [3.05, 3.63) is 59.7 Å². The van der Waals surface area contributed by atoms with Crippen LogP contribution in [0.5, 0.6) is 0 Å². The number of rotatable bonds is 7. The summed E-state index contributed by atoms with van der Waals surface area (Å²) in [7, 11) is 0. The lowest BCUT2D eigenvalue weighted by Crippen LogP contribution is -2.54. The predicted molar refractivity (Wildman–Crippen MR) is 121 cm³/mol. The first kappa shape index (κ1) is 22.6. The van der Waals surface area contributed by atoms with Crippen molar-refractivity contribution in [2.24, 2.45) is 17.3 Å². The van der Waals surface area contributed by atoms with Crippen LogP contribution in [0.25, 0.3) is 0 Å². The van der Waals surface area contributed by atoms with Gasteiger partial charge in [0.25, 0.3) is 0 Å². The van der Waals surface area contributed by atoms with Gasteiger partial charge in [-0.25, -0.2) is 18.4 Å². The molecule has 0 radical (unpaired) electrons. The van der Waals surface area contributed by atoms with Crippen LogP contribution in [0.2, 0.25) is 0 Å². The van der Waals surface area contributed by atoms with Crippen LogP contribution in [0.4, 0.5) is 8.78 Å². The van der Waals surface area contributed by atoms with E-state index in [2.05, 4.69) is 39.8 Å². The van der Waals surface area contributed by atoms with E-state index < -0.39 is 17.2 Å². The van der Waals surface area contributed by atoms with Gasteiger partial charge in [-0.2, -0.15) is 5.10 Å². The molecule has 1 aliphatic heterocycles. The van der Waals surface area contributed by atoms with Crippen molar-refractivity contribution in [3.63, 3.8) is 0 Å². The monoisotopic (exact) mass is 457 g/mol. The molecule has 33 heavy (non-hydrogen) atoms. The number of aliphatic hydroxyl groups is 1. The summed E-state index contributed by atoms with van der Waals surface area (Å²) in [6.07, 6.45) is 7.87. The number of halogens is 2. The molecule has 178 valence electrons. The Bertz CT molecular complexity index is 1020. The molecule has 8 heteroatoms. The molecular formula is C25H33F2N5O. The standard InChI is InChI=1S/C25H33F2N5O/c1-24(2)19-4-3-18(22(24)11-19)13-30-7-9-31(10-8-30)14-25(33,15-32-17-28-16-29-32)21-6-5-20(26)12-23(21)27/h3,5-6,12,16-17,19,22,33H,4,7-11,13-15H2,1-2H3/t19-,22-,25?/m0/s1. The number of hydrogen-bond acceptors (Lipinski definition) is 5. The minimum Gasteiger partial charge on any atom is -0.382 e. The number of piperazine rings is 1. The maximum Gasteiger partial charge on any atom is 0.137 e. The molecule has 1 saturated heterocycles. The first-order valence-corrected chi connectivity index (χ1v) is 11.9. The van der Waals surface area contributed by atoms with E-state index in [1.54, 1.807) is 5.57 Å². The molecule has 0 amide bonds. The maximum absolute atomic E-state index is 14.7. The highest BCUT2D eigenvalue weighted by atomic mass is 19.1. The van der Waals surface area contributed by atoms with Crippen LogP contribution >= 0.6 is 0 Å². The predicted octanol–water partition coefficient (Wildman–Crippen LogP) is 3.05. The summed E-state index contributed by atoms with van der Waals surface area (Å²) >= 11 is 0. The van der Waals surface area contributed by atoms with E-state index in [-0.39, 0.29) is 18.7 Å². The van der Waals surface area contributed by atoms with E-state index >= 15 is 0 Å². The van der Waals surface area contributed by atoms with Crippen molar-refractivity contribution in [3.8, 4) is 0 Å². The summed E-state index contributed by atoms with van der Waals surface area (Å²) in [5.74, 6) is 0.147. The second-order valence-corrected chi connectivity index (χ2v) is 10.6. The summed E-state index contributed by atoms with van der Waals surface area (Å²) in [6.45, 7) is 9.48. The SMILES string of the molecule is CC1(C)[C@H]2CC=C(CN3CCN(CC(O)(Cn4cncn4)c4ccc(F)cc4F)CC3)[C@@H]1C2. The van der Waals surface area contributed by atoms with E-state index in [1.807, 2.05) is 0 Å². The molecule has 2 aromatic rings. The van der Waals surface area contributed by atoms with E-state index in [1.165, 1.54) is 42.3 Å². The summed E-state index contributed by atoms with van der Waals surface area (Å²) in [4.78, 5) is 8.58. The Morgan fingerprint density at radius 1 is 1.12 bits per heavy atom. The Morgan fingerprint density at radius 2 is 1.88 bits per heavy atom. The minimum absolute atomic E-state index is 0.0422. The van der Waals surface area contributed by atoms with E-state index in [4.69, 9.17) is 0 Å². The Balaban J connectivity index is 1.25. The normalized spacial score (nSPS) is 27.0. The molecular weight excluding hydrogens is 424 g/mol. The van der Waals surface area contributed by atoms with Gasteiger partial charge < -0.3 is 5.11 Å². The van der Waals surface area contributed by atoms with E-state index in [0.717, 1.165) is 44.7 Å². The Hall–Kier alpha value is -2.16. The van der Waals surface area contributed by atoms with Gasteiger partial charge in [-0.05, 0) is 36.2 Å². The van der Waals surface area contributed by atoms with Crippen LogP contribution in [0.3, 0.4) is 0 Å². The van der Waals surface area contributed by atoms with E-state index in [0.29, 0.717) is 11.3 Å². The van der Waals surface area contributed by atoms with Crippen LogP contribution in [0, 0.1) is 28.9 Å². The van der Waals surface area contributed by atoms with Crippen molar-refractivity contribution in [1.82, 2.24) is 24.6 Å². The zero-order valence-corrected chi connectivity index (χ0v) is 19.4. The van der Waals surface area contributed by atoms with Gasteiger partial charge in [0.1, 0.15) is 29.9 Å². The van der Waals surface area contributed by atoms with Gasteiger partial charge in [0.15, 0.2) is 0 Å². The number of nitrogens with zero attached hydrogens (tertiary/aromatic N) is 5. The van der Waals surface area contributed by atoms with E-state index in [9.17, 15) is 13.9 Å². The molecule has 3 atom stereocenters. The van der Waals surface area contributed by atoms with Gasteiger partial charge >= 0.3 is 0 Å². The molecule has 6 nitrogen and oxygen atoms in total. The lowest BCUT2D eigenvalue weighted by molar-refractivity contribution is -0.0341. The van der Waals surface area contributed by atoms with Crippen molar-refractivity contribution in [2.75, 3.05) is 39.3 Å².